The lowest BCUT2D eigenvalue weighted by Crippen LogP contribution is -2.30. The topological polar surface area (TPSA) is 106 Å². The van der Waals surface area contributed by atoms with Crippen LogP contribution in [0.15, 0.2) is 83.9 Å². The molecule has 0 saturated carbocycles. The van der Waals surface area contributed by atoms with Gasteiger partial charge in [-0.05, 0) is 65.5 Å². The fraction of sp³-hybridized carbons (Fsp3) is 0.214. The molecule has 4 aromatic rings. The SMILES string of the molecule is CCS(=O)(=O)c1ccc([C@H](CO)NC(=O)c2ccc3c(COc4ccc(C(F)(F)F)cc4)nccc3c2)cc1. The summed E-state index contributed by atoms with van der Waals surface area (Å²) in [5, 5.41) is 14.0. The van der Waals surface area contributed by atoms with Gasteiger partial charge in [-0.15, -0.1) is 0 Å². The summed E-state index contributed by atoms with van der Waals surface area (Å²) in [4.78, 5) is 17.4. The fourth-order valence-corrected chi connectivity index (χ4v) is 4.82. The number of benzene rings is 3. The molecule has 0 aliphatic rings. The number of carbonyl (C=O) groups is 1. The molecule has 4 rings (SSSR count). The molecule has 0 bridgehead atoms. The van der Waals surface area contributed by atoms with E-state index in [9.17, 15) is 31.5 Å². The van der Waals surface area contributed by atoms with Crippen LogP contribution >= 0.6 is 0 Å². The first-order chi connectivity index (χ1) is 18.5. The van der Waals surface area contributed by atoms with Crippen LogP contribution in [-0.2, 0) is 22.6 Å². The Kier molecular flexibility index (Phi) is 8.22. The first-order valence-electron chi connectivity index (χ1n) is 11.9. The van der Waals surface area contributed by atoms with Crippen LogP contribution in [0.1, 0.15) is 40.1 Å². The van der Waals surface area contributed by atoms with Crippen molar-refractivity contribution in [3.63, 3.8) is 0 Å². The van der Waals surface area contributed by atoms with Crippen molar-refractivity contribution in [1.82, 2.24) is 10.3 Å². The molecule has 0 unspecified atom stereocenters. The number of amides is 1. The summed E-state index contributed by atoms with van der Waals surface area (Å²) >= 11 is 0. The normalized spacial score (nSPS) is 12.7. The number of sulfone groups is 1. The van der Waals surface area contributed by atoms with E-state index in [0.717, 1.165) is 12.1 Å². The molecule has 0 aliphatic heterocycles. The monoisotopic (exact) mass is 558 g/mol. The molecule has 2 N–H and O–H groups in total. The van der Waals surface area contributed by atoms with Gasteiger partial charge in [-0.2, -0.15) is 13.2 Å². The van der Waals surface area contributed by atoms with E-state index in [-0.39, 0.29) is 23.0 Å². The number of aromatic nitrogens is 1. The number of ether oxygens (including phenoxy) is 1. The van der Waals surface area contributed by atoms with Crippen LogP contribution in [0.5, 0.6) is 5.75 Å². The van der Waals surface area contributed by atoms with Crippen molar-refractivity contribution in [2.45, 2.75) is 30.6 Å². The van der Waals surface area contributed by atoms with Crippen molar-refractivity contribution >= 4 is 26.5 Å². The molecule has 0 saturated heterocycles. The largest absolute Gasteiger partial charge is 0.487 e. The van der Waals surface area contributed by atoms with E-state index in [4.69, 9.17) is 4.74 Å². The minimum atomic E-state index is -4.43. The van der Waals surface area contributed by atoms with Gasteiger partial charge in [-0.25, -0.2) is 8.42 Å². The first kappa shape index (κ1) is 28.1. The molecule has 0 radical (unpaired) electrons. The van der Waals surface area contributed by atoms with E-state index >= 15 is 0 Å². The molecule has 1 amide bonds. The molecule has 1 atom stereocenters. The number of rotatable bonds is 9. The number of nitrogens with zero attached hydrogens (tertiary/aromatic N) is 1. The second-order valence-electron chi connectivity index (χ2n) is 8.69. The summed E-state index contributed by atoms with van der Waals surface area (Å²) < 4.78 is 68.0. The summed E-state index contributed by atoms with van der Waals surface area (Å²) in [6.07, 6.45) is -2.89. The number of aliphatic hydroxyl groups is 1. The molecule has 3 aromatic carbocycles. The molecule has 7 nitrogen and oxygen atoms in total. The fourth-order valence-electron chi connectivity index (χ4n) is 3.94. The highest BCUT2D eigenvalue weighted by Gasteiger charge is 2.30. The molecule has 39 heavy (non-hydrogen) atoms. The Hall–Kier alpha value is -3.96. The summed E-state index contributed by atoms with van der Waals surface area (Å²) in [5.41, 5.74) is 0.643. The van der Waals surface area contributed by atoms with Crippen LogP contribution in [0.3, 0.4) is 0 Å². The number of hydrogen-bond acceptors (Lipinski definition) is 6. The average molecular weight is 559 g/mol. The highest BCUT2D eigenvalue weighted by Crippen LogP contribution is 2.30. The number of carbonyl (C=O) groups excluding carboxylic acids is 1. The minimum absolute atomic E-state index is 0.00454. The summed E-state index contributed by atoms with van der Waals surface area (Å²) in [6.45, 7) is 1.16. The zero-order chi connectivity index (χ0) is 28.2. The Morgan fingerprint density at radius 3 is 2.33 bits per heavy atom. The first-order valence-corrected chi connectivity index (χ1v) is 13.6. The zero-order valence-electron chi connectivity index (χ0n) is 20.8. The van der Waals surface area contributed by atoms with Gasteiger partial charge >= 0.3 is 6.18 Å². The van der Waals surface area contributed by atoms with Gasteiger partial charge in [0.2, 0.25) is 0 Å². The van der Waals surface area contributed by atoms with Crippen LogP contribution in [0, 0.1) is 0 Å². The summed E-state index contributed by atoms with van der Waals surface area (Å²) in [5.74, 6) is -0.221. The van der Waals surface area contributed by atoms with E-state index in [1.54, 1.807) is 43.3 Å². The highest BCUT2D eigenvalue weighted by atomic mass is 32.2. The lowest BCUT2D eigenvalue weighted by Gasteiger charge is -2.17. The number of halogens is 3. The van der Waals surface area contributed by atoms with Gasteiger partial charge in [-0.3, -0.25) is 9.78 Å². The van der Waals surface area contributed by atoms with E-state index in [2.05, 4.69) is 10.3 Å². The van der Waals surface area contributed by atoms with Gasteiger partial charge in [0.15, 0.2) is 9.84 Å². The molecule has 0 aliphatic carbocycles. The van der Waals surface area contributed by atoms with Gasteiger partial charge in [0.1, 0.15) is 12.4 Å². The van der Waals surface area contributed by atoms with Crippen LogP contribution in [0.4, 0.5) is 13.2 Å². The smallest absolute Gasteiger partial charge is 0.416 e. The Labute approximate surface area is 223 Å². The van der Waals surface area contributed by atoms with Gasteiger partial charge in [0.05, 0.1) is 34.6 Å². The van der Waals surface area contributed by atoms with Crippen molar-refractivity contribution in [2.75, 3.05) is 12.4 Å². The van der Waals surface area contributed by atoms with Crippen LogP contribution < -0.4 is 10.1 Å². The number of aliphatic hydroxyl groups excluding tert-OH is 1. The van der Waals surface area contributed by atoms with Gasteiger partial charge in [0.25, 0.3) is 5.91 Å². The molecule has 1 heterocycles. The molecule has 1 aromatic heterocycles. The third-order valence-electron chi connectivity index (χ3n) is 6.18. The maximum atomic E-state index is 13.0. The zero-order valence-corrected chi connectivity index (χ0v) is 21.6. The molecule has 11 heteroatoms. The van der Waals surface area contributed by atoms with Gasteiger partial charge < -0.3 is 15.2 Å². The number of pyridine rings is 1. The van der Waals surface area contributed by atoms with Crippen molar-refractivity contribution in [3.8, 4) is 5.75 Å². The van der Waals surface area contributed by atoms with E-state index in [1.165, 1.54) is 30.5 Å². The lowest BCUT2D eigenvalue weighted by molar-refractivity contribution is -0.137. The number of fused-ring (bicyclic) bond motifs is 1. The van der Waals surface area contributed by atoms with Crippen molar-refractivity contribution in [2.24, 2.45) is 0 Å². The minimum Gasteiger partial charge on any atom is -0.487 e. The highest BCUT2D eigenvalue weighted by molar-refractivity contribution is 7.91. The van der Waals surface area contributed by atoms with E-state index in [0.29, 0.717) is 27.6 Å². The van der Waals surface area contributed by atoms with E-state index < -0.39 is 40.1 Å². The Bertz CT molecular complexity index is 1570. The Morgan fingerprint density at radius 1 is 1.03 bits per heavy atom. The van der Waals surface area contributed by atoms with Crippen LogP contribution in [0.25, 0.3) is 10.8 Å². The quantitative estimate of drug-likeness (QED) is 0.297. The van der Waals surface area contributed by atoms with Crippen molar-refractivity contribution < 1.29 is 36.2 Å². The molecular formula is C28H25F3N2O5S. The second kappa shape index (κ2) is 11.4. The number of nitrogens with one attached hydrogen (secondary N) is 1. The Morgan fingerprint density at radius 2 is 1.72 bits per heavy atom. The molecular weight excluding hydrogens is 533 g/mol. The molecule has 0 fully saturated rings. The average Bonchev–Trinajstić information content (AvgIpc) is 2.94. The Balaban J connectivity index is 1.47. The predicted octanol–water partition coefficient (Wildman–Crippen LogP) is 5.09. The lowest BCUT2D eigenvalue weighted by atomic mass is 10.0. The maximum absolute atomic E-state index is 13.0. The number of alkyl halides is 3. The van der Waals surface area contributed by atoms with Gasteiger partial charge in [0, 0.05) is 17.1 Å². The maximum Gasteiger partial charge on any atom is 0.416 e. The second-order valence-corrected chi connectivity index (χ2v) is 11.0. The van der Waals surface area contributed by atoms with Gasteiger partial charge in [-0.1, -0.05) is 25.1 Å². The molecule has 0 spiro atoms. The summed E-state index contributed by atoms with van der Waals surface area (Å²) in [6, 6.07) is 16.3. The van der Waals surface area contributed by atoms with Crippen molar-refractivity contribution in [1.29, 1.82) is 0 Å². The third-order valence-corrected chi connectivity index (χ3v) is 7.93. The number of hydrogen-bond donors (Lipinski definition) is 2. The van der Waals surface area contributed by atoms with Crippen molar-refractivity contribution in [3.05, 3.63) is 101 Å². The predicted molar refractivity (Wildman–Crippen MR) is 139 cm³/mol. The van der Waals surface area contributed by atoms with Crippen LogP contribution in [-0.4, -0.2) is 36.8 Å². The molecule has 204 valence electrons. The summed E-state index contributed by atoms with van der Waals surface area (Å²) in [7, 11) is -3.37. The standard InChI is InChI=1S/C28H25F3N2O5S/c1-2-39(36,37)23-10-3-18(4-11-23)25(16-34)33-27(35)20-5-12-24-19(15-20)13-14-32-26(24)17-38-22-8-6-21(7-9-22)28(29,30)31/h3-15,25,34H,2,16-17H2,1H3,(H,33,35)/t25-/m0/s1. The third kappa shape index (κ3) is 6.55. The van der Waals surface area contributed by atoms with Crippen LogP contribution in [0.2, 0.25) is 0 Å². The van der Waals surface area contributed by atoms with E-state index in [1.807, 2.05) is 0 Å².